The monoisotopic (exact) mass is 462 g/mol. The first-order valence-corrected chi connectivity index (χ1v) is 10.3. The van der Waals surface area contributed by atoms with Gasteiger partial charge in [-0.3, -0.25) is 14.2 Å². The second-order valence-electron chi connectivity index (χ2n) is 7.57. The van der Waals surface area contributed by atoms with E-state index in [0.29, 0.717) is 27.9 Å². The van der Waals surface area contributed by atoms with Crippen molar-refractivity contribution >= 4 is 28.1 Å². The zero-order chi connectivity index (χ0) is 23.8. The van der Waals surface area contributed by atoms with E-state index in [0.717, 1.165) is 12.1 Å². The fraction of sp³-hybridized carbons (Fsp3) is 0.0800. The summed E-state index contributed by atoms with van der Waals surface area (Å²) in [6, 6.07) is 12.5. The number of fused-ring (bicyclic) bond motifs is 2. The number of anilines is 1. The van der Waals surface area contributed by atoms with Gasteiger partial charge in [0.1, 0.15) is 29.8 Å². The maximum absolute atomic E-state index is 14.0. The number of halogens is 3. The molecule has 2 aromatic carbocycles. The predicted octanol–water partition coefficient (Wildman–Crippen LogP) is 5.44. The van der Waals surface area contributed by atoms with E-state index in [1.807, 2.05) is 0 Å². The van der Waals surface area contributed by atoms with Gasteiger partial charge in [0.05, 0.1) is 22.5 Å². The van der Waals surface area contributed by atoms with Crippen LogP contribution >= 0.6 is 0 Å². The van der Waals surface area contributed by atoms with E-state index >= 15 is 0 Å². The highest BCUT2D eigenvalue weighted by molar-refractivity contribution is 6.08. The first-order chi connectivity index (χ1) is 16.4. The van der Waals surface area contributed by atoms with Gasteiger partial charge in [-0.2, -0.15) is 0 Å². The number of carbonyl (C=O) groups is 1. The number of hydrogen-bond donors (Lipinski definition) is 1. The molecule has 3 heterocycles. The van der Waals surface area contributed by atoms with Crippen LogP contribution in [0.25, 0.3) is 16.6 Å². The number of nitrogens with zero attached hydrogens (tertiary/aromatic N) is 3. The number of ether oxygens (including phenoxy) is 1. The van der Waals surface area contributed by atoms with E-state index in [1.165, 1.54) is 34.9 Å². The Labute approximate surface area is 191 Å². The number of amides is 1. The summed E-state index contributed by atoms with van der Waals surface area (Å²) in [4.78, 5) is 21.8. The Balaban J connectivity index is 1.48. The van der Waals surface area contributed by atoms with Gasteiger partial charge in [0, 0.05) is 17.8 Å². The average molecular weight is 462 g/mol. The van der Waals surface area contributed by atoms with Crippen LogP contribution in [0.2, 0.25) is 0 Å². The van der Waals surface area contributed by atoms with E-state index in [9.17, 15) is 18.0 Å². The molecule has 5 aromatic rings. The number of rotatable bonds is 5. The Morgan fingerprint density at radius 2 is 1.85 bits per heavy atom. The molecule has 0 spiro atoms. The quantitative estimate of drug-likeness (QED) is 0.378. The minimum absolute atomic E-state index is 0.206. The lowest BCUT2D eigenvalue weighted by Crippen LogP contribution is -2.16. The molecule has 0 aliphatic rings. The van der Waals surface area contributed by atoms with Gasteiger partial charge in [-0.05, 0) is 55.5 Å². The molecule has 3 aromatic heterocycles. The third kappa shape index (κ3) is 3.81. The highest BCUT2D eigenvalue weighted by Crippen LogP contribution is 2.26. The molecule has 0 bridgehead atoms. The Hall–Kier alpha value is -4.40. The third-order valence-electron chi connectivity index (χ3n) is 5.39. The minimum atomic E-state index is -0.715. The van der Waals surface area contributed by atoms with Crippen molar-refractivity contribution < 1.29 is 22.7 Å². The summed E-state index contributed by atoms with van der Waals surface area (Å²) in [5.74, 6) is -2.10. The highest BCUT2D eigenvalue weighted by atomic mass is 19.1. The predicted molar refractivity (Wildman–Crippen MR) is 120 cm³/mol. The van der Waals surface area contributed by atoms with E-state index in [2.05, 4.69) is 15.3 Å². The van der Waals surface area contributed by atoms with E-state index in [4.69, 9.17) is 4.74 Å². The lowest BCUT2D eigenvalue weighted by atomic mass is 10.1. The maximum Gasteiger partial charge on any atom is 0.274 e. The van der Waals surface area contributed by atoms with Gasteiger partial charge in [-0.1, -0.05) is 6.07 Å². The van der Waals surface area contributed by atoms with Crippen molar-refractivity contribution in [1.29, 1.82) is 0 Å². The molecule has 0 unspecified atom stereocenters. The van der Waals surface area contributed by atoms with Crippen molar-refractivity contribution in [3.8, 4) is 5.75 Å². The molecule has 0 saturated carbocycles. The molecule has 0 radical (unpaired) electrons. The summed E-state index contributed by atoms with van der Waals surface area (Å²) in [6.07, 6.45) is 3.15. The smallest absolute Gasteiger partial charge is 0.274 e. The summed E-state index contributed by atoms with van der Waals surface area (Å²) in [7, 11) is 0. The van der Waals surface area contributed by atoms with Gasteiger partial charge in [-0.15, -0.1) is 0 Å². The molecule has 0 fully saturated rings. The standard InChI is InChI=1S/C25H17F3N4O2/c1-14-23(25(33)31-21-9-10-29-20-8-7-15(26)12-16(20)21)32-11-3-6-22(24(32)30-14)34-13-17-18(27)4-2-5-19(17)28/h2-12H,13H2,1H3,(H,29,31,33). The first-order valence-electron chi connectivity index (χ1n) is 10.3. The van der Waals surface area contributed by atoms with E-state index in [-0.39, 0.29) is 23.6 Å². The second kappa shape index (κ2) is 8.51. The van der Waals surface area contributed by atoms with Gasteiger partial charge in [0.25, 0.3) is 5.91 Å². The molecule has 1 amide bonds. The van der Waals surface area contributed by atoms with E-state index < -0.39 is 23.4 Å². The fourth-order valence-electron chi connectivity index (χ4n) is 3.77. The van der Waals surface area contributed by atoms with Crippen molar-refractivity contribution in [3.63, 3.8) is 0 Å². The maximum atomic E-state index is 14.0. The molecule has 0 aliphatic carbocycles. The van der Waals surface area contributed by atoms with Crippen LogP contribution in [-0.4, -0.2) is 20.3 Å². The Morgan fingerprint density at radius 3 is 2.65 bits per heavy atom. The van der Waals surface area contributed by atoms with Gasteiger partial charge in [0.2, 0.25) is 0 Å². The lowest BCUT2D eigenvalue weighted by molar-refractivity contribution is 0.102. The zero-order valence-electron chi connectivity index (χ0n) is 17.8. The van der Waals surface area contributed by atoms with Crippen LogP contribution < -0.4 is 10.1 Å². The summed E-state index contributed by atoms with van der Waals surface area (Å²) < 4.78 is 48.9. The summed E-state index contributed by atoms with van der Waals surface area (Å²) in [6.45, 7) is 1.31. The SMILES string of the molecule is Cc1nc2c(OCc3c(F)cccc3F)cccn2c1C(=O)Nc1ccnc2ccc(F)cc12. The number of carbonyl (C=O) groups excluding carboxylic acids is 1. The van der Waals surface area contributed by atoms with Crippen molar-refractivity contribution in [2.45, 2.75) is 13.5 Å². The molecule has 34 heavy (non-hydrogen) atoms. The molecule has 6 nitrogen and oxygen atoms in total. The molecule has 1 N–H and O–H groups in total. The van der Waals surface area contributed by atoms with Gasteiger partial charge in [-0.25, -0.2) is 18.2 Å². The van der Waals surface area contributed by atoms with Gasteiger partial charge < -0.3 is 10.1 Å². The molecule has 9 heteroatoms. The number of nitrogens with one attached hydrogen (secondary N) is 1. The average Bonchev–Trinajstić information content (AvgIpc) is 3.15. The van der Waals surface area contributed by atoms with Crippen LogP contribution in [0.3, 0.4) is 0 Å². The Bertz CT molecular complexity index is 1550. The number of aryl methyl sites for hydroxylation is 1. The van der Waals surface area contributed by atoms with Crippen molar-refractivity contribution in [2.75, 3.05) is 5.32 Å². The van der Waals surface area contributed by atoms with E-state index in [1.54, 1.807) is 31.3 Å². The largest absolute Gasteiger partial charge is 0.485 e. The summed E-state index contributed by atoms with van der Waals surface area (Å²) in [5.41, 5.74) is 1.68. The zero-order valence-corrected chi connectivity index (χ0v) is 17.8. The van der Waals surface area contributed by atoms with Crippen LogP contribution in [0, 0.1) is 24.4 Å². The first kappa shape index (κ1) is 21.4. The normalized spacial score (nSPS) is 11.2. The number of pyridine rings is 2. The fourth-order valence-corrected chi connectivity index (χ4v) is 3.77. The van der Waals surface area contributed by atoms with Crippen LogP contribution in [0.15, 0.2) is 67.0 Å². The number of imidazole rings is 1. The van der Waals surface area contributed by atoms with Crippen molar-refractivity contribution in [1.82, 2.24) is 14.4 Å². The van der Waals surface area contributed by atoms with Gasteiger partial charge in [0.15, 0.2) is 11.4 Å². The molecule has 0 atom stereocenters. The third-order valence-corrected chi connectivity index (χ3v) is 5.39. The Kier molecular flexibility index (Phi) is 5.37. The lowest BCUT2D eigenvalue weighted by Gasteiger charge is -2.11. The topological polar surface area (TPSA) is 68.5 Å². The summed E-state index contributed by atoms with van der Waals surface area (Å²) >= 11 is 0. The van der Waals surface area contributed by atoms with Crippen LogP contribution in [0.4, 0.5) is 18.9 Å². The van der Waals surface area contributed by atoms with Crippen molar-refractivity contribution in [2.24, 2.45) is 0 Å². The molecule has 0 saturated heterocycles. The molecule has 5 rings (SSSR count). The second-order valence-corrected chi connectivity index (χ2v) is 7.57. The Morgan fingerprint density at radius 1 is 1.06 bits per heavy atom. The summed E-state index contributed by atoms with van der Waals surface area (Å²) in [5, 5.41) is 3.25. The van der Waals surface area contributed by atoms with Gasteiger partial charge >= 0.3 is 0 Å². The number of benzene rings is 2. The van der Waals surface area contributed by atoms with Crippen LogP contribution in [0.1, 0.15) is 21.7 Å². The number of aromatic nitrogens is 3. The molecule has 0 aliphatic heterocycles. The van der Waals surface area contributed by atoms with Crippen LogP contribution in [0.5, 0.6) is 5.75 Å². The van der Waals surface area contributed by atoms with Crippen molar-refractivity contribution in [3.05, 3.63) is 101 Å². The molecular formula is C25H17F3N4O2. The molecule has 170 valence electrons. The minimum Gasteiger partial charge on any atom is -0.485 e. The number of hydrogen-bond acceptors (Lipinski definition) is 4. The molecular weight excluding hydrogens is 445 g/mol. The highest BCUT2D eigenvalue weighted by Gasteiger charge is 2.20. The van der Waals surface area contributed by atoms with Crippen LogP contribution in [-0.2, 0) is 6.61 Å².